The molecule has 1 aromatic heterocycles. The molecule has 1 aromatic rings. The van der Waals surface area contributed by atoms with Crippen molar-refractivity contribution >= 4 is 17.8 Å². The van der Waals surface area contributed by atoms with Gasteiger partial charge in [-0.15, -0.1) is 0 Å². The molecule has 1 atom stereocenters. The number of anilines is 2. The van der Waals surface area contributed by atoms with Crippen LogP contribution < -0.4 is 20.3 Å². The second-order valence-corrected chi connectivity index (χ2v) is 4.75. The lowest BCUT2D eigenvalue weighted by molar-refractivity contribution is -0.123. The zero-order valence-electron chi connectivity index (χ0n) is 12.7. The van der Waals surface area contributed by atoms with E-state index in [4.69, 9.17) is 4.74 Å². The summed E-state index contributed by atoms with van der Waals surface area (Å²) in [4.78, 5) is 26.7. The highest BCUT2D eigenvalue weighted by molar-refractivity contribution is 5.85. The first-order valence-corrected chi connectivity index (χ1v) is 7.30. The molecule has 0 aliphatic carbocycles. The van der Waals surface area contributed by atoms with E-state index < -0.39 is 0 Å². The van der Waals surface area contributed by atoms with Crippen LogP contribution in [-0.4, -0.2) is 53.6 Å². The number of ether oxygens (including phenoxy) is 1. The fraction of sp³-hybridized carbons (Fsp3) is 0.692. The van der Waals surface area contributed by atoms with Gasteiger partial charge in [0.25, 0.3) is 0 Å². The summed E-state index contributed by atoms with van der Waals surface area (Å²) in [6.07, 6.45) is 1.57. The summed E-state index contributed by atoms with van der Waals surface area (Å²) < 4.78 is 5.50. The van der Waals surface area contributed by atoms with Crippen LogP contribution in [0.4, 0.5) is 11.9 Å². The monoisotopic (exact) mass is 294 g/mol. The van der Waals surface area contributed by atoms with Crippen molar-refractivity contribution in [3.05, 3.63) is 0 Å². The molecule has 0 radical (unpaired) electrons. The molecule has 1 unspecified atom stereocenters. The molecule has 0 aromatic carbocycles. The molecule has 116 valence electrons. The Labute approximate surface area is 124 Å². The minimum absolute atomic E-state index is 0.00574. The molecule has 1 aliphatic rings. The third-order valence-electron chi connectivity index (χ3n) is 3.24. The second-order valence-electron chi connectivity index (χ2n) is 4.75. The molecule has 0 saturated carbocycles. The number of hydrogen-bond acceptors (Lipinski definition) is 7. The molecule has 0 spiro atoms. The number of hydrogen-bond donors (Lipinski definition) is 2. The van der Waals surface area contributed by atoms with Crippen molar-refractivity contribution in [1.82, 2.24) is 20.3 Å². The van der Waals surface area contributed by atoms with Gasteiger partial charge in [-0.25, -0.2) is 0 Å². The van der Waals surface area contributed by atoms with E-state index in [1.165, 1.54) is 0 Å². The molecular weight excluding hydrogens is 272 g/mol. The number of aromatic nitrogens is 3. The smallest absolute Gasteiger partial charge is 0.323 e. The largest absolute Gasteiger partial charge is 0.463 e. The molecule has 21 heavy (non-hydrogen) atoms. The van der Waals surface area contributed by atoms with E-state index in [0.717, 1.165) is 6.42 Å². The Hall–Kier alpha value is -2.12. The van der Waals surface area contributed by atoms with Crippen LogP contribution in [0.25, 0.3) is 0 Å². The average Bonchev–Trinajstić information content (AvgIpc) is 2.52. The Balaban J connectivity index is 2.29. The van der Waals surface area contributed by atoms with E-state index >= 15 is 0 Å². The summed E-state index contributed by atoms with van der Waals surface area (Å²) in [6, 6.07) is 0.0249. The molecule has 8 heteroatoms. The first-order chi connectivity index (χ1) is 10.2. The van der Waals surface area contributed by atoms with Crippen molar-refractivity contribution in [2.75, 3.05) is 37.0 Å². The van der Waals surface area contributed by atoms with Crippen molar-refractivity contribution in [2.24, 2.45) is 0 Å². The van der Waals surface area contributed by atoms with E-state index in [-0.39, 0.29) is 18.0 Å². The maximum Gasteiger partial charge on any atom is 0.323 e. The van der Waals surface area contributed by atoms with Crippen molar-refractivity contribution in [2.45, 2.75) is 32.7 Å². The minimum Gasteiger partial charge on any atom is -0.463 e. The zero-order chi connectivity index (χ0) is 15.2. The van der Waals surface area contributed by atoms with E-state index in [9.17, 15) is 4.79 Å². The molecule has 0 bridgehead atoms. The number of piperazine rings is 1. The highest BCUT2D eigenvalue weighted by Crippen LogP contribution is 2.20. The molecule has 2 heterocycles. The number of carbonyl (C=O) groups is 1. The van der Waals surface area contributed by atoms with Gasteiger partial charge in [-0.2, -0.15) is 15.0 Å². The van der Waals surface area contributed by atoms with E-state index in [0.29, 0.717) is 38.0 Å². The third kappa shape index (κ3) is 3.50. The zero-order valence-corrected chi connectivity index (χ0v) is 12.7. The van der Waals surface area contributed by atoms with Crippen LogP contribution in [0.2, 0.25) is 0 Å². The van der Waals surface area contributed by atoms with Gasteiger partial charge in [0.05, 0.1) is 6.61 Å². The van der Waals surface area contributed by atoms with Gasteiger partial charge in [0, 0.05) is 20.1 Å². The Kier molecular flexibility index (Phi) is 5.13. The fourth-order valence-corrected chi connectivity index (χ4v) is 2.20. The first-order valence-electron chi connectivity index (χ1n) is 7.30. The van der Waals surface area contributed by atoms with Gasteiger partial charge >= 0.3 is 6.01 Å². The molecule has 1 saturated heterocycles. The maximum absolute atomic E-state index is 11.9. The molecule has 2 rings (SSSR count). The van der Waals surface area contributed by atoms with E-state index in [1.807, 2.05) is 18.7 Å². The van der Waals surface area contributed by atoms with Crippen LogP contribution in [0.1, 0.15) is 26.7 Å². The van der Waals surface area contributed by atoms with Gasteiger partial charge < -0.3 is 20.3 Å². The van der Waals surface area contributed by atoms with Crippen LogP contribution in [0, 0.1) is 0 Å². The van der Waals surface area contributed by atoms with Crippen molar-refractivity contribution in [3.8, 4) is 6.01 Å². The fourth-order valence-electron chi connectivity index (χ4n) is 2.20. The number of nitrogens with zero attached hydrogens (tertiary/aromatic N) is 4. The Morgan fingerprint density at radius 2 is 2.19 bits per heavy atom. The quantitative estimate of drug-likeness (QED) is 0.785. The summed E-state index contributed by atoms with van der Waals surface area (Å²) in [7, 11) is 1.74. The van der Waals surface area contributed by atoms with Crippen LogP contribution in [0.5, 0.6) is 6.01 Å². The normalized spacial score (nSPS) is 18.3. The Morgan fingerprint density at radius 1 is 1.38 bits per heavy atom. The SMILES string of the molecule is CCCOc1nc(NC)nc(N2CCNC(=O)C2CC)n1. The lowest BCUT2D eigenvalue weighted by atomic mass is 10.1. The van der Waals surface area contributed by atoms with Gasteiger partial charge in [-0.1, -0.05) is 13.8 Å². The average molecular weight is 294 g/mol. The summed E-state index contributed by atoms with van der Waals surface area (Å²) in [5.74, 6) is 0.917. The van der Waals surface area contributed by atoms with E-state index in [2.05, 4.69) is 25.6 Å². The highest BCUT2D eigenvalue weighted by Gasteiger charge is 2.30. The Bertz CT molecular complexity index is 496. The van der Waals surface area contributed by atoms with Crippen LogP contribution in [-0.2, 0) is 4.79 Å². The van der Waals surface area contributed by atoms with E-state index in [1.54, 1.807) is 7.05 Å². The number of nitrogens with one attached hydrogen (secondary N) is 2. The van der Waals surface area contributed by atoms with Crippen molar-refractivity contribution in [1.29, 1.82) is 0 Å². The number of carbonyl (C=O) groups excluding carboxylic acids is 1. The lowest BCUT2D eigenvalue weighted by Gasteiger charge is -2.34. The molecule has 1 amide bonds. The highest BCUT2D eigenvalue weighted by atomic mass is 16.5. The first kappa shape index (κ1) is 15.3. The molecule has 1 fully saturated rings. The number of rotatable bonds is 6. The topological polar surface area (TPSA) is 92.3 Å². The van der Waals surface area contributed by atoms with Crippen LogP contribution in [0.3, 0.4) is 0 Å². The molecule has 8 nitrogen and oxygen atoms in total. The minimum atomic E-state index is -0.259. The summed E-state index contributed by atoms with van der Waals surface area (Å²) >= 11 is 0. The van der Waals surface area contributed by atoms with Gasteiger partial charge in [0.2, 0.25) is 17.8 Å². The summed E-state index contributed by atoms with van der Waals surface area (Å²) in [6.45, 7) is 5.79. The maximum atomic E-state index is 11.9. The van der Waals surface area contributed by atoms with Crippen molar-refractivity contribution in [3.63, 3.8) is 0 Å². The second kappa shape index (κ2) is 7.05. The summed E-state index contributed by atoms with van der Waals surface area (Å²) in [5.41, 5.74) is 0. The molecule has 1 aliphatic heterocycles. The predicted molar refractivity (Wildman–Crippen MR) is 79.6 cm³/mol. The Morgan fingerprint density at radius 3 is 2.86 bits per heavy atom. The van der Waals surface area contributed by atoms with Gasteiger partial charge in [0.1, 0.15) is 6.04 Å². The predicted octanol–water partition coefficient (Wildman–Crippen LogP) is 0.417. The number of amides is 1. The molecular formula is C13H22N6O2. The standard InChI is InChI=1S/C13H22N6O2/c1-4-8-21-13-17-11(14-3)16-12(18-13)19-7-6-15-10(20)9(19)5-2/h9H,4-8H2,1-3H3,(H,15,20)(H,14,16,17,18). The van der Waals surface area contributed by atoms with Crippen molar-refractivity contribution < 1.29 is 9.53 Å². The summed E-state index contributed by atoms with van der Waals surface area (Å²) in [5, 5.41) is 5.76. The van der Waals surface area contributed by atoms with Gasteiger partial charge in [-0.3, -0.25) is 4.79 Å². The van der Waals surface area contributed by atoms with Crippen LogP contribution in [0.15, 0.2) is 0 Å². The third-order valence-corrected chi connectivity index (χ3v) is 3.24. The van der Waals surface area contributed by atoms with Crippen LogP contribution >= 0.6 is 0 Å². The molecule has 2 N–H and O–H groups in total. The van der Waals surface area contributed by atoms with Gasteiger partial charge in [-0.05, 0) is 12.8 Å². The lowest BCUT2D eigenvalue weighted by Crippen LogP contribution is -2.55. The van der Waals surface area contributed by atoms with Gasteiger partial charge in [0.15, 0.2) is 0 Å².